The van der Waals surface area contributed by atoms with Gasteiger partial charge in [-0.15, -0.1) is 0 Å². The van der Waals surface area contributed by atoms with Gasteiger partial charge >= 0.3 is 5.97 Å². The number of aliphatic hydroxyl groups excluding tert-OH is 2. The summed E-state index contributed by atoms with van der Waals surface area (Å²) < 4.78 is 23.7. The number of ether oxygens (including phenoxy) is 4. The van der Waals surface area contributed by atoms with Gasteiger partial charge in [0.05, 0.1) is 19.3 Å². The molecule has 0 radical (unpaired) electrons. The zero-order valence-corrected chi connectivity index (χ0v) is 27.5. The molecule has 7 heteroatoms. The third-order valence-corrected chi connectivity index (χ3v) is 8.31. The van der Waals surface area contributed by atoms with Crippen molar-refractivity contribution in [3.63, 3.8) is 0 Å². The predicted molar refractivity (Wildman–Crippen MR) is 167 cm³/mol. The highest BCUT2D eigenvalue weighted by molar-refractivity contribution is 5.87. The van der Waals surface area contributed by atoms with Crippen molar-refractivity contribution in [1.29, 1.82) is 0 Å². The van der Waals surface area contributed by atoms with E-state index in [1.54, 1.807) is 19.3 Å². The van der Waals surface area contributed by atoms with E-state index in [-0.39, 0.29) is 41.5 Å². The number of carbonyl (C=O) groups is 1. The summed E-state index contributed by atoms with van der Waals surface area (Å²) in [6.45, 7) is 18.0. The first-order valence-corrected chi connectivity index (χ1v) is 15.1. The van der Waals surface area contributed by atoms with E-state index in [0.29, 0.717) is 5.76 Å². The quantitative estimate of drug-likeness (QED) is 0.346. The van der Waals surface area contributed by atoms with Gasteiger partial charge < -0.3 is 29.2 Å². The molecule has 0 saturated heterocycles. The van der Waals surface area contributed by atoms with E-state index < -0.39 is 30.4 Å². The van der Waals surface area contributed by atoms with Crippen molar-refractivity contribution in [2.75, 3.05) is 14.2 Å². The zero-order chi connectivity index (χ0) is 31.7. The smallest absolute Gasteiger partial charge is 0.373 e. The van der Waals surface area contributed by atoms with Gasteiger partial charge in [-0.25, -0.2) is 4.79 Å². The molecule has 9 unspecified atom stereocenters. The highest BCUT2D eigenvalue weighted by Crippen LogP contribution is 2.32. The Morgan fingerprint density at radius 2 is 1.71 bits per heavy atom. The monoisotopic (exact) mass is 586 g/mol. The molecule has 0 aromatic carbocycles. The van der Waals surface area contributed by atoms with Crippen LogP contribution in [0, 0.1) is 29.6 Å². The first-order chi connectivity index (χ1) is 19.7. The van der Waals surface area contributed by atoms with E-state index in [9.17, 15) is 15.0 Å². The minimum Gasteiger partial charge on any atom is -0.490 e. The van der Waals surface area contributed by atoms with Crippen LogP contribution in [-0.2, 0) is 23.7 Å². The van der Waals surface area contributed by atoms with E-state index in [1.165, 1.54) is 7.11 Å². The molecule has 0 aromatic rings. The lowest BCUT2D eigenvalue weighted by Crippen LogP contribution is -2.39. The van der Waals surface area contributed by atoms with Gasteiger partial charge in [0, 0.05) is 24.9 Å². The largest absolute Gasteiger partial charge is 0.490 e. The van der Waals surface area contributed by atoms with Crippen LogP contribution in [0.4, 0.5) is 0 Å². The molecule has 9 atom stereocenters. The standard InChI is InChI=1S/C35H54O7/c1-20(2)33-27(9)28(36)19-30(41-33)23(5)18-26(8)34-29(39-10)14-12-13-21(3)15-24(6)32(37)25(7)16-22(4)17-31(40-11)35(38)42-34/h12-14,16-20,24-29,32-34,36-37H,15H2,1-11H3. The Morgan fingerprint density at radius 1 is 1.05 bits per heavy atom. The molecule has 0 spiro atoms. The van der Waals surface area contributed by atoms with Crippen LogP contribution in [0.2, 0.25) is 0 Å². The summed E-state index contributed by atoms with van der Waals surface area (Å²) in [5.74, 6) is -0.0392. The Kier molecular flexibility index (Phi) is 13.8. The van der Waals surface area contributed by atoms with Crippen LogP contribution in [0.15, 0.2) is 70.8 Å². The second kappa shape index (κ2) is 16.3. The average Bonchev–Trinajstić information content (AvgIpc) is 2.92. The first kappa shape index (κ1) is 35.6. The predicted octanol–water partition coefficient (Wildman–Crippen LogP) is 6.45. The normalized spacial score (nSPS) is 33.1. The lowest BCUT2D eigenvalue weighted by atomic mass is 9.87. The minimum absolute atomic E-state index is 0.0152. The molecule has 0 aromatic heterocycles. The third-order valence-electron chi connectivity index (χ3n) is 8.31. The summed E-state index contributed by atoms with van der Waals surface area (Å²) in [5.41, 5.74) is 2.76. The second-order valence-electron chi connectivity index (χ2n) is 12.5. The fourth-order valence-electron chi connectivity index (χ4n) is 5.82. The topological polar surface area (TPSA) is 94.5 Å². The summed E-state index contributed by atoms with van der Waals surface area (Å²) in [7, 11) is 3.03. The molecule has 0 saturated carbocycles. The maximum absolute atomic E-state index is 13.4. The summed E-state index contributed by atoms with van der Waals surface area (Å²) in [6, 6.07) is 0. The van der Waals surface area contributed by atoms with Crippen molar-refractivity contribution < 1.29 is 34.0 Å². The van der Waals surface area contributed by atoms with Crippen molar-refractivity contribution in [1.82, 2.24) is 0 Å². The molecule has 2 rings (SSSR count). The number of carbonyl (C=O) groups excluding carboxylic acids is 1. The number of methoxy groups -OCH3 is 2. The van der Waals surface area contributed by atoms with Gasteiger partial charge in [0.15, 0.2) is 0 Å². The molecule has 2 N–H and O–H groups in total. The molecule has 2 aliphatic heterocycles. The van der Waals surface area contributed by atoms with Crippen molar-refractivity contribution in [2.24, 2.45) is 29.6 Å². The van der Waals surface area contributed by atoms with E-state index in [0.717, 1.165) is 23.1 Å². The van der Waals surface area contributed by atoms with Gasteiger partial charge in [-0.1, -0.05) is 83.1 Å². The molecule has 0 aliphatic carbocycles. The Balaban J connectivity index is 2.53. The average molecular weight is 587 g/mol. The minimum atomic E-state index is -0.688. The van der Waals surface area contributed by atoms with Gasteiger partial charge in [0.25, 0.3) is 0 Å². The highest BCUT2D eigenvalue weighted by Gasteiger charge is 2.34. The van der Waals surface area contributed by atoms with Crippen LogP contribution >= 0.6 is 0 Å². The van der Waals surface area contributed by atoms with Crippen LogP contribution in [0.5, 0.6) is 0 Å². The summed E-state index contributed by atoms with van der Waals surface area (Å²) in [4.78, 5) is 13.4. The summed E-state index contributed by atoms with van der Waals surface area (Å²) >= 11 is 0. The summed E-state index contributed by atoms with van der Waals surface area (Å²) in [6.07, 6.45) is 11.4. The van der Waals surface area contributed by atoms with Crippen molar-refractivity contribution >= 4 is 5.97 Å². The Hall–Kier alpha value is -2.61. The summed E-state index contributed by atoms with van der Waals surface area (Å²) in [5, 5.41) is 21.6. The Labute approximate surface area is 253 Å². The zero-order valence-electron chi connectivity index (χ0n) is 27.5. The lowest BCUT2D eigenvalue weighted by Gasteiger charge is -2.36. The highest BCUT2D eigenvalue weighted by atomic mass is 16.6. The fraction of sp³-hybridized carbons (Fsp3) is 0.629. The van der Waals surface area contributed by atoms with Crippen LogP contribution in [0.25, 0.3) is 0 Å². The number of allylic oxidation sites excluding steroid dienone is 6. The van der Waals surface area contributed by atoms with Gasteiger partial charge in [-0.3, -0.25) is 0 Å². The van der Waals surface area contributed by atoms with Crippen LogP contribution in [-0.4, -0.2) is 60.9 Å². The lowest BCUT2D eigenvalue weighted by molar-refractivity contribution is -0.155. The molecular formula is C35H54O7. The van der Waals surface area contributed by atoms with Crippen molar-refractivity contribution in [2.45, 2.75) is 99.3 Å². The van der Waals surface area contributed by atoms with E-state index in [2.05, 4.69) is 13.8 Å². The number of cyclic esters (lactones) is 1. The fourth-order valence-corrected chi connectivity index (χ4v) is 5.82. The third kappa shape index (κ3) is 9.72. The molecule has 42 heavy (non-hydrogen) atoms. The van der Waals surface area contributed by atoms with Crippen LogP contribution in [0.1, 0.15) is 68.7 Å². The number of hydrogen-bond acceptors (Lipinski definition) is 7. The molecule has 2 aliphatic rings. The Morgan fingerprint density at radius 3 is 2.31 bits per heavy atom. The van der Waals surface area contributed by atoms with E-state index >= 15 is 0 Å². The van der Waals surface area contributed by atoms with Crippen molar-refractivity contribution in [3.05, 3.63) is 70.8 Å². The van der Waals surface area contributed by atoms with E-state index in [4.69, 9.17) is 18.9 Å². The van der Waals surface area contributed by atoms with Gasteiger partial charge in [-0.05, 0) is 56.8 Å². The number of esters is 1. The first-order valence-electron chi connectivity index (χ1n) is 15.1. The van der Waals surface area contributed by atoms with E-state index in [1.807, 2.05) is 78.8 Å². The van der Waals surface area contributed by atoms with Gasteiger partial charge in [0.2, 0.25) is 5.76 Å². The molecular weight excluding hydrogens is 532 g/mol. The Bertz CT molecular complexity index is 1090. The number of rotatable bonds is 6. The second-order valence-corrected chi connectivity index (χ2v) is 12.5. The maximum Gasteiger partial charge on any atom is 0.373 e. The molecule has 7 nitrogen and oxygen atoms in total. The van der Waals surface area contributed by atoms with Gasteiger partial charge in [-0.2, -0.15) is 0 Å². The molecule has 0 fully saturated rings. The molecule has 0 bridgehead atoms. The van der Waals surface area contributed by atoms with Crippen LogP contribution in [0.3, 0.4) is 0 Å². The molecule has 0 amide bonds. The molecule has 236 valence electrons. The van der Waals surface area contributed by atoms with Crippen LogP contribution < -0.4 is 0 Å². The number of aliphatic hydroxyl groups is 2. The SMILES string of the molecule is COC1=CC(C)=CC(C)C(O)C(C)CC(C)=CC=CC(OC)C(C(C)C=C(C)C2=CC(O)C(C)C(C(C)C)O2)OC1=O. The maximum atomic E-state index is 13.4. The number of hydrogen-bond donors (Lipinski definition) is 2. The van der Waals surface area contributed by atoms with Crippen molar-refractivity contribution in [3.8, 4) is 0 Å². The van der Waals surface area contributed by atoms with Gasteiger partial charge in [0.1, 0.15) is 24.1 Å². The molecule has 2 heterocycles.